The molecule has 9 heteroatoms. The van der Waals surface area contributed by atoms with E-state index in [1.807, 2.05) is 0 Å². The summed E-state index contributed by atoms with van der Waals surface area (Å²) >= 11 is 0. The molecule has 2 rings (SSSR count). The molecule has 0 aliphatic heterocycles. The van der Waals surface area contributed by atoms with Gasteiger partial charge >= 0.3 is 5.97 Å². The number of esters is 1. The molecule has 0 spiro atoms. The van der Waals surface area contributed by atoms with Gasteiger partial charge in [-0.3, -0.25) is 19.7 Å². The molecule has 0 bridgehead atoms. The summed E-state index contributed by atoms with van der Waals surface area (Å²) in [7, 11) is 1.34. The molecule has 2 aromatic rings. The fourth-order valence-electron chi connectivity index (χ4n) is 2.23. The zero-order valence-corrected chi connectivity index (χ0v) is 14.6. The third kappa shape index (κ3) is 5.24. The molecule has 1 N–H and O–H groups in total. The minimum Gasteiger partial charge on any atom is -0.495 e. The number of rotatable bonds is 7. The van der Waals surface area contributed by atoms with E-state index in [2.05, 4.69) is 5.32 Å². The molecule has 1 atom stereocenters. The Balaban J connectivity index is 2.03. The van der Waals surface area contributed by atoms with Crippen molar-refractivity contribution in [3.05, 3.63) is 64.0 Å². The molecular weight excluding hydrogens is 359 g/mol. The van der Waals surface area contributed by atoms with Gasteiger partial charge in [0.05, 0.1) is 24.1 Å². The van der Waals surface area contributed by atoms with Crippen molar-refractivity contribution < 1.29 is 28.4 Å². The van der Waals surface area contributed by atoms with Crippen LogP contribution in [0.15, 0.2) is 42.5 Å². The number of halogens is 1. The first kappa shape index (κ1) is 19.8. The Bertz CT molecular complexity index is 871. The van der Waals surface area contributed by atoms with Crippen molar-refractivity contribution in [2.75, 3.05) is 12.4 Å². The molecule has 0 heterocycles. The highest BCUT2D eigenvalue weighted by Gasteiger charge is 2.21. The maximum absolute atomic E-state index is 13.6. The number of nitrogens with zero attached hydrogens (tertiary/aromatic N) is 1. The standard InChI is InChI=1S/C18H17FN2O6/c1-11(27-17(22)9-12-5-3-4-6-14(12)19)18(23)20-15-10-13(21(24)25)7-8-16(15)26-2/h3-8,10-11H,9H2,1-2H3,(H,20,23)/t11-/m1/s1. The van der Waals surface area contributed by atoms with E-state index in [-0.39, 0.29) is 29.1 Å². The third-order valence-corrected chi connectivity index (χ3v) is 3.62. The third-order valence-electron chi connectivity index (χ3n) is 3.62. The molecule has 0 radical (unpaired) electrons. The van der Waals surface area contributed by atoms with Crippen LogP contribution in [0.25, 0.3) is 0 Å². The van der Waals surface area contributed by atoms with Gasteiger partial charge in [-0.25, -0.2) is 4.39 Å². The minimum absolute atomic E-state index is 0.0636. The molecule has 2 aromatic carbocycles. The van der Waals surface area contributed by atoms with Crippen LogP contribution in [0.4, 0.5) is 15.8 Å². The normalized spacial score (nSPS) is 11.4. The average Bonchev–Trinajstić information content (AvgIpc) is 2.63. The number of nitrogens with one attached hydrogen (secondary N) is 1. The lowest BCUT2D eigenvalue weighted by Gasteiger charge is -2.15. The number of hydrogen-bond acceptors (Lipinski definition) is 6. The second-order valence-corrected chi connectivity index (χ2v) is 5.53. The van der Waals surface area contributed by atoms with Crippen molar-refractivity contribution in [2.45, 2.75) is 19.4 Å². The van der Waals surface area contributed by atoms with E-state index in [0.717, 1.165) is 6.07 Å². The zero-order chi connectivity index (χ0) is 20.0. The summed E-state index contributed by atoms with van der Waals surface area (Å²) in [6.45, 7) is 1.33. The van der Waals surface area contributed by atoms with E-state index in [1.54, 1.807) is 6.07 Å². The molecule has 142 valence electrons. The molecule has 0 saturated carbocycles. The van der Waals surface area contributed by atoms with Crippen LogP contribution < -0.4 is 10.1 Å². The quantitative estimate of drug-likeness (QED) is 0.452. The van der Waals surface area contributed by atoms with Crippen molar-refractivity contribution >= 4 is 23.3 Å². The van der Waals surface area contributed by atoms with E-state index in [9.17, 15) is 24.1 Å². The monoisotopic (exact) mass is 376 g/mol. The first-order chi connectivity index (χ1) is 12.8. The second kappa shape index (κ2) is 8.75. The first-order valence-electron chi connectivity index (χ1n) is 7.88. The van der Waals surface area contributed by atoms with Gasteiger partial charge in [0.2, 0.25) is 0 Å². The van der Waals surface area contributed by atoms with Gasteiger partial charge in [-0.1, -0.05) is 18.2 Å². The summed E-state index contributed by atoms with van der Waals surface area (Å²) < 4.78 is 23.6. The predicted octanol–water partition coefficient (Wildman–Crippen LogP) is 2.86. The van der Waals surface area contributed by atoms with Gasteiger partial charge in [0, 0.05) is 12.1 Å². The van der Waals surface area contributed by atoms with E-state index in [0.29, 0.717) is 0 Å². The number of carbonyl (C=O) groups excluding carboxylic acids is 2. The van der Waals surface area contributed by atoms with Crippen molar-refractivity contribution in [1.82, 2.24) is 0 Å². The number of anilines is 1. The Labute approximate surface area is 154 Å². The van der Waals surface area contributed by atoms with E-state index < -0.39 is 28.7 Å². The van der Waals surface area contributed by atoms with Crippen LogP contribution in [0.2, 0.25) is 0 Å². The molecule has 0 saturated heterocycles. The SMILES string of the molecule is COc1ccc([N+](=O)[O-])cc1NC(=O)[C@@H](C)OC(=O)Cc1ccccc1F. The molecule has 27 heavy (non-hydrogen) atoms. The highest BCUT2D eigenvalue weighted by Crippen LogP contribution is 2.29. The highest BCUT2D eigenvalue weighted by molar-refractivity contribution is 5.96. The molecule has 0 unspecified atom stereocenters. The summed E-state index contributed by atoms with van der Waals surface area (Å²) in [6.07, 6.45) is -1.53. The number of benzene rings is 2. The van der Waals surface area contributed by atoms with Gasteiger partial charge in [-0.2, -0.15) is 0 Å². The molecule has 8 nitrogen and oxygen atoms in total. The van der Waals surface area contributed by atoms with Gasteiger partial charge in [0.1, 0.15) is 11.6 Å². The van der Waals surface area contributed by atoms with Crippen LogP contribution in [0.5, 0.6) is 5.75 Å². The lowest BCUT2D eigenvalue weighted by atomic mass is 10.1. The predicted molar refractivity (Wildman–Crippen MR) is 93.9 cm³/mol. The second-order valence-electron chi connectivity index (χ2n) is 5.53. The Kier molecular flexibility index (Phi) is 6.42. The number of hydrogen-bond donors (Lipinski definition) is 1. The van der Waals surface area contributed by atoms with Crippen molar-refractivity contribution in [2.24, 2.45) is 0 Å². The summed E-state index contributed by atoms with van der Waals surface area (Å²) in [5, 5.41) is 13.3. The van der Waals surface area contributed by atoms with Gasteiger partial charge in [0.25, 0.3) is 11.6 Å². The van der Waals surface area contributed by atoms with E-state index in [1.165, 1.54) is 44.4 Å². The maximum Gasteiger partial charge on any atom is 0.311 e. The number of carbonyl (C=O) groups is 2. The van der Waals surface area contributed by atoms with E-state index >= 15 is 0 Å². The van der Waals surface area contributed by atoms with Crippen molar-refractivity contribution in [3.8, 4) is 5.75 Å². The lowest BCUT2D eigenvalue weighted by Crippen LogP contribution is -2.30. The molecule has 0 aromatic heterocycles. The van der Waals surface area contributed by atoms with Crippen LogP contribution in [0.1, 0.15) is 12.5 Å². The smallest absolute Gasteiger partial charge is 0.311 e. The Hall–Kier alpha value is -3.49. The van der Waals surface area contributed by atoms with Crippen LogP contribution in [0, 0.1) is 15.9 Å². The summed E-state index contributed by atoms with van der Waals surface area (Å²) in [5.74, 6) is -1.84. The molecular formula is C18H17FN2O6. The van der Waals surface area contributed by atoms with E-state index in [4.69, 9.17) is 9.47 Å². The highest BCUT2D eigenvalue weighted by atomic mass is 19.1. The van der Waals surface area contributed by atoms with Crippen LogP contribution >= 0.6 is 0 Å². The summed E-state index contributed by atoms with van der Waals surface area (Å²) in [6, 6.07) is 9.42. The number of nitro benzene ring substituents is 1. The van der Waals surface area contributed by atoms with Crippen LogP contribution in [-0.4, -0.2) is 30.0 Å². The summed E-state index contributed by atoms with van der Waals surface area (Å²) in [5.41, 5.74) is -0.0283. The Morgan fingerprint density at radius 1 is 1.26 bits per heavy atom. The molecule has 0 aliphatic carbocycles. The number of methoxy groups -OCH3 is 1. The largest absolute Gasteiger partial charge is 0.495 e. The fraction of sp³-hybridized carbons (Fsp3) is 0.222. The Morgan fingerprint density at radius 3 is 2.59 bits per heavy atom. The maximum atomic E-state index is 13.6. The zero-order valence-electron chi connectivity index (χ0n) is 14.6. The summed E-state index contributed by atoms with van der Waals surface area (Å²) in [4.78, 5) is 34.4. The van der Waals surface area contributed by atoms with Crippen molar-refractivity contribution in [1.29, 1.82) is 0 Å². The van der Waals surface area contributed by atoms with Crippen LogP contribution in [0.3, 0.4) is 0 Å². The van der Waals surface area contributed by atoms with Gasteiger partial charge < -0.3 is 14.8 Å². The van der Waals surface area contributed by atoms with Gasteiger partial charge in [-0.15, -0.1) is 0 Å². The average molecular weight is 376 g/mol. The molecule has 1 amide bonds. The van der Waals surface area contributed by atoms with Crippen molar-refractivity contribution in [3.63, 3.8) is 0 Å². The number of nitro groups is 1. The van der Waals surface area contributed by atoms with Gasteiger partial charge in [0.15, 0.2) is 6.10 Å². The minimum atomic E-state index is -1.20. The first-order valence-corrected chi connectivity index (χ1v) is 7.88. The lowest BCUT2D eigenvalue weighted by molar-refractivity contribution is -0.384. The number of amides is 1. The fourth-order valence-corrected chi connectivity index (χ4v) is 2.23. The molecule has 0 fully saturated rings. The molecule has 0 aliphatic rings. The van der Waals surface area contributed by atoms with Crippen LogP contribution in [-0.2, 0) is 20.7 Å². The number of ether oxygens (including phenoxy) is 2. The Morgan fingerprint density at radius 2 is 1.96 bits per heavy atom. The van der Waals surface area contributed by atoms with Gasteiger partial charge in [-0.05, 0) is 24.6 Å². The topological polar surface area (TPSA) is 108 Å². The number of non-ortho nitro benzene ring substituents is 1.